The lowest BCUT2D eigenvalue weighted by Crippen LogP contribution is -2.33. The molecule has 0 radical (unpaired) electrons. The van der Waals surface area contributed by atoms with Crippen LogP contribution in [0.2, 0.25) is 0 Å². The van der Waals surface area contributed by atoms with Crippen LogP contribution in [0.1, 0.15) is 29.3 Å². The van der Waals surface area contributed by atoms with Crippen molar-refractivity contribution in [2.45, 2.75) is 19.9 Å². The third-order valence-electron chi connectivity index (χ3n) is 2.77. The van der Waals surface area contributed by atoms with Gasteiger partial charge in [-0.2, -0.15) is 0 Å². The predicted octanol–water partition coefficient (Wildman–Crippen LogP) is -1.41. The maximum Gasteiger partial charge on any atom is 0.492 e. The fourth-order valence-electron chi connectivity index (χ4n) is 1.98. The molecule has 0 bridgehead atoms. The van der Waals surface area contributed by atoms with Crippen LogP contribution in [0.3, 0.4) is 0 Å². The van der Waals surface area contributed by atoms with Crippen molar-refractivity contribution in [1.82, 2.24) is 5.01 Å². The van der Waals surface area contributed by atoms with Crippen LogP contribution in [0.25, 0.3) is 0 Å². The minimum Gasteiger partial charge on any atom is -0.494 e. The number of rotatable bonds is 8. The minimum atomic E-state index is -1.75. The van der Waals surface area contributed by atoms with Gasteiger partial charge in [0.25, 0.3) is 0 Å². The standard InChI is InChI=1S/C13H21BN4O4/c1-3-4-22-12-10(7-18(2)17-13(15)16)5-9(8-19)6-11(12)14(20)21/h5-6,8,20-21H,3-4,7H2,1-2H3,(H4,15,16,17). The van der Waals surface area contributed by atoms with E-state index in [-0.39, 0.29) is 18.0 Å². The molecule has 0 fully saturated rings. The second-order valence-electron chi connectivity index (χ2n) is 4.78. The Balaban J connectivity index is 3.27. The maximum atomic E-state index is 11.0. The van der Waals surface area contributed by atoms with E-state index in [0.717, 1.165) is 6.42 Å². The zero-order valence-electron chi connectivity index (χ0n) is 12.7. The summed E-state index contributed by atoms with van der Waals surface area (Å²) in [6, 6.07) is 2.98. The Morgan fingerprint density at radius 2 is 2.14 bits per heavy atom. The van der Waals surface area contributed by atoms with Gasteiger partial charge in [0, 0.05) is 23.6 Å². The summed E-state index contributed by atoms with van der Waals surface area (Å²) in [6.45, 7) is 2.57. The van der Waals surface area contributed by atoms with Crippen LogP contribution >= 0.6 is 0 Å². The molecule has 0 spiro atoms. The Kier molecular flexibility index (Phi) is 6.67. The number of hydrogen-bond acceptors (Lipinski definition) is 6. The first kappa shape index (κ1) is 17.8. The van der Waals surface area contributed by atoms with Crippen LogP contribution in [-0.4, -0.2) is 48.1 Å². The maximum absolute atomic E-state index is 11.0. The van der Waals surface area contributed by atoms with E-state index in [1.54, 1.807) is 13.1 Å². The van der Waals surface area contributed by atoms with Gasteiger partial charge in [0.15, 0.2) is 0 Å². The molecule has 22 heavy (non-hydrogen) atoms. The van der Waals surface area contributed by atoms with E-state index in [1.165, 1.54) is 11.1 Å². The highest BCUT2D eigenvalue weighted by Crippen LogP contribution is 2.20. The first-order chi connectivity index (χ1) is 10.4. The Morgan fingerprint density at radius 1 is 1.45 bits per heavy atom. The van der Waals surface area contributed by atoms with Crippen molar-refractivity contribution in [3.63, 3.8) is 0 Å². The lowest BCUT2D eigenvalue weighted by Gasteiger charge is -2.19. The van der Waals surface area contributed by atoms with Crippen molar-refractivity contribution in [1.29, 1.82) is 0 Å². The van der Waals surface area contributed by atoms with Gasteiger partial charge in [0.2, 0.25) is 5.96 Å². The summed E-state index contributed by atoms with van der Waals surface area (Å²) in [5, 5.41) is 24.3. The molecule has 120 valence electrons. The average molecular weight is 308 g/mol. The number of carbonyl (C=O) groups is 1. The molecule has 6 N–H and O–H groups in total. The number of carbonyl (C=O) groups excluding carboxylic acids is 1. The number of hydrogen-bond donors (Lipinski definition) is 4. The Morgan fingerprint density at radius 3 is 2.64 bits per heavy atom. The third kappa shape index (κ3) is 4.94. The molecule has 0 unspecified atom stereocenters. The molecule has 0 heterocycles. The monoisotopic (exact) mass is 308 g/mol. The van der Waals surface area contributed by atoms with Crippen molar-refractivity contribution in [3.8, 4) is 5.75 Å². The molecule has 9 heteroatoms. The van der Waals surface area contributed by atoms with Crippen molar-refractivity contribution in [3.05, 3.63) is 23.3 Å². The first-order valence-corrected chi connectivity index (χ1v) is 6.80. The lowest BCUT2D eigenvalue weighted by atomic mass is 9.77. The van der Waals surface area contributed by atoms with Crippen molar-refractivity contribution in [2.24, 2.45) is 16.6 Å². The van der Waals surface area contributed by atoms with Crippen molar-refractivity contribution in [2.75, 3.05) is 13.7 Å². The molecule has 1 rings (SSSR count). The summed E-state index contributed by atoms with van der Waals surface area (Å²) in [5.74, 6) is 0.215. The van der Waals surface area contributed by atoms with E-state index in [0.29, 0.717) is 29.8 Å². The number of benzene rings is 1. The Bertz CT molecular complexity index is 547. The van der Waals surface area contributed by atoms with Gasteiger partial charge in [-0.1, -0.05) is 6.92 Å². The van der Waals surface area contributed by atoms with E-state index in [4.69, 9.17) is 16.2 Å². The summed E-state index contributed by atoms with van der Waals surface area (Å²) in [5.41, 5.74) is 11.6. The highest BCUT2D eigenvalue weighted by atomic mass is 16.5. The zero-order chi connectivity index (χ0) is 16.7. The minimum absolute atomic E-state index is 0.104. The van der Waals surface area contributed by atoms with Crippen LogP contribution in [0.5, 0.6) is 5.75 Å². The molecule has 0 amide bonds. The molecule has 0 saturated carbocycles. The number of guanidine groups is 1. The average Bonchev–Trinajstić information content (AvgIpc) is 2.43. The lowest BCUT2D eigenvalue weighted by molar-refractivity contribution is 0.112. The Labute approximate surface area is 129 Å². The van der Waals surface area contributed by atoms with Gasteiger partial charge in [-0.25, -0.2) is 0 Å². The number of nitrogens with two attached hydrogens (primary N) is 2. The molecule has 0 aliphatic carbocycles. The molecule has 0 aliphatic heterocycles. The third-order valence-corrected chi connectivity index (χ3v) is 2.77. The van der Waals surface area contributed by atoms with E-state index in [1.807, 2.05) is 6.92 Å². The fraction of sp³-hybridized carbons (Fsp3) is 0.385. The highest BCUT2D eigenvalue weighted by Gasteiger charge is 2.22. The molecule has 0 saturated heterocycles. The van der Waals surface area contributed by atoms with Gasteiger partial charge in [0.05, 0.1) is 13.2 Å². The number of ether oxygens (including phenoxy) is 1. The molecule has 1 aromatic rings. The molecule has 1 aromatic carbocycles. The van der Waals surface area contributed by atoms with E-state index in [2.05, 4.69) is 5.10 Å². The normalized spacial score (nSPS) is 10.0. The molecule has 0 aliphatic rings. The molecular formula is C13H21BN4O4. The second-order valence-corrected chi connectivity index (χ2v) is 4.78. The van der Waals surface area contributed by atoms with E-state index >= 15 is 0 Å². The number of hydrazone groups is 1. The predicted molar refractivity (Wildman–Crippen MR) is 84.7 cm³/mol. The summed E-state index contributed by atoms with van der Waals surface area (Å²) >= 11 is 0. The summed E-state index contributed by atoms with van der Waals surface area (Å²) in [7, 11) is -0.106. The molecular weight excluding hydrogens is 287 g/mol. The smallest absolute Gasteiger partial charge is 0.492 e. The van der Waals surface area contributed by atoms with Gasteiger partial charge in [-0.3, -0.25) is 9.80 Å². The first-order valence-electron chi connectivity index (χ1n) is 6.80. The Hall–Kier alpha value is -2.26. The van der Waals surface area contributed by atoms with E-state index < -0.39 is 7.12 Å². The van der Waals surface area contributed by atoms with Crippen LogP contribution < -0.4 is 21.7 Å². The van der Waals surface area contributed by atoms with E-state index in [9.17, 15) is 14.8 Å². The molecule has 0 aromatic heterocycles. The number of aldehydes is 1. The van der Waals surface area contributed by atoms with Gasteiger partial charge in [0.1, 0.15) is 12.0 Å². The summed E-state index contributed by atoms with van der Waals surface area (Å²) < 4.78 is 5.61. The van der Waals surface area contributed by atoms with Gasteiger partial charge in [-0.05, 0) is 18.6 Å². The van der Waals surface area contributed by atoms with Crippen molar-refractivity contribution >= 4 is 24.8 Å². The second kappa shape index (κ2) is 8.25. The largest absolute Gasteiger partial charge is 0.494 e. The van der Waals surface area contributed by atoms with Crippen LogP contribution in [0.4, 0.5) is 0 Å². The quantitative estimate of drug-likeness (QED) is 0.152. The SMILES string of the molecule is CCCOc1c(CN(C)N=C(N)N)cc(C=O)cc1B(O)O. The number of nitrogens with zero attached hydrogens (tertiary/aromatic N) is 2. The summed E-state index contributed by atoms with van der Waals surface area (Å²) in [4.78, 5) is 11.0. The van der Waals surface area contributed by atoms with Gasteiger partial charge >= 0.3 is 7.12 Å². The van der Waals surface area contributed by atoms with Crippen molar-refractivity contribution < 1.29 is 19.6 Å². The molecule has 0 atom stereocenters. The van der Waals surface area contributed by atoms with Gasteiger partial charge in [-0.15, -0.1) is 5.10 Å². The van der Waals surface area contributed by atoms with Gasteiger partial charge < -0.3 is 26.3 Å². The summed E-state index contributed by atoms with van der Waals surface area (Å²) in [6.07, 6.45) is 1.37. The highest BCUT2D eigenvalue weighted by molar-refractivity contribution is 6.60. The van der Waals surface area contributed by atoms with Crippen LogP contribution in [-0.2, 0) is 6.54 Å². The zero-order valence-corrected chi connectivity index (χ0v) is 12.7. The molecule has 8 nitrogen and oxygen atoms in total. The topological polar surface area (TPSA) is 134 Å². The van der Waals surface area contributed by atoms with Crippen LogP contribution in [0, 0.1) is 0 Å². The van der Waals surface area contributed by atoms with Crippen LogP contribution in [0.15, 0.2) is 17.2 Å². The fourth-order valence-corrected chi connectivity index (χ4v) is 1.98.